The van der Waals surface area contributed by atoms with Crippen molar-refractivity contribution < 1.29 is 19.6 Å². The lowest BCUT2D eigenvalue weighted by Crippen LogP contribution is -2.40. The normalized spacial score (nSPS) is 18.3. The Hall–Kier alpha value is -3.82. The van der Waals surface area contributed by atoms with Gasteiger partial charge in [-0.25, -0.2) is 5.01 Å². The first-order valence-electron chi connectivity index (χ1n) is 8.51. The van der Waals surface area contributed by atoms with E-state index < -0.39 is 4.92 Å². The predicted octanol–water partition coefficient (Wildman–Crippen LogP) is 2.03. The fourth-order valence-electron chi connectivity index (χ4n) is 3.32. The number of oxime groups is 1. The number of fused-ring (bicyclic) bond motifs is 2. The van der Waals surface area contributed by atoms with Crippen LogP contribution in [0.5, 0.6) is 11.5 Å². The van der Waals surface area contributed by atoms with Gasteiger partial charge in [0.05, 0.1) is 16.7 Å². The average Bonchev–Trinajstić information content (AvgIpc) is 3.09. The molecule has 10 nitrogen and oxygen atoms in total. The highest BCUT2D eigenvalue weighted by atomic mass is 16.7. The van der Waals surface area contributed by atoms with Gasteiger partial charge >= 0.3 is 0 Å². The summed E-state index contributed by atoms with van der Waals surface area (Å²) in [6, 6.07) is 9.58. The van der Waals surface area contributed by atoms with E-state index in [1.165, 1.54) is 17.1 Å². The molecule has 2 heterocycles. The van der Waals surface area contributed by atoms with Crippen molar-refractivity contribution in [2.45, 2.75) is 19.4 Å². The van der Waals surface area contributed by atoms with Crippen LogP contribution in [-0.2, 0) is 6.42 Å². The molecule has 4 rings (SSSR count). The Morgan fingerprint density at radius 3 is 2.64 bits per heavy atom. The second-order valence-electron chi connectivity index (χ2n) is 6.47. The van der Waals surface area contributed by atoms with Gasteiger partial charge in [-0.15, -0.1) is 0 Å². The summed E-state index contributed by atoms with van der Waals surface area (Å²) >= 11 is 0. The maximum absolute atomic E-state index is 11.0. The van der Waals surface area contributed by atoms with Crippen LogP contribution in [0.2, 0.25) is 0 Å². The predicted molar refractivity (Wildman–Crippen MR) is 99.7 cm³/mol. The van der Waals surface area contributed by atoms with Gasteiger partial charge in [0.15, 0.2) is 11.5 Å². The van der Waals surface area contributed by atoms with Gasteiger partial charge < -0.3 is 20.4 Å². The van der Waals surface area contributed by atoms with Crippen LogP contribution < -0.4 is 15.2 Å². The first-order chi connectivity index (χ1) is 13.5. The Kier molecular flexibility index (Phi) is 4.22. The van der Waals surface area contributed by atoms with E-state index in [2.05, 4.69) is 10.3 Å². The lowest BCUT2D eigenvalue weighted by molar-refractivity contribution is -0.384. The fourth-order valence-corrected chi connectivity index (χ4v) is 3.32. The van der Waals surface area contributed by atoms with E-state index in [1.807, 2.05) is 19.1 Å². The standard InChI is InChI=1S/C18H17N5O5/c1-10-6-12-7-15-16(28-9-27-15)8-14(12)17(20-22(10)18(19)21-24)11-2-4-13(5-3-11)23(25)26/h2-5,7-8,10,24H,6,9H2,1H3,(H2,19,21). The molecule has 0 aliphatic carbocycles. The Labute approximate surface area is 159 Å². The minimum Gasteiger partial charge on any atom is -0.454 e. The zero-order valence-corrected chi connectivity index (χ0v) is 14.9. The highest BCUT2D eigenvalue weighted by Gasteiger charge is 2.28. The molecule has 3 N–H and O–H groups in total. The molecule has 10 heteroatoms. The van der Waals surface area contributed by atoms with Crippen molar-refractivity contribution in [3.63, 3.8) is 0 Å². The van der Waals surface area contributed by atoms with Crippen LogP contribution in [0.15, 0.2) is 46.7 Å². The van der Waals surface area contributed by atoms with Gasteiger partial charge in [0.25, 0.3) is 11.6 Å². The van der Waals surface area contributed by atoms with Crippen molar-refractivity contribution >= 4 is 17.4 Å². The summed E-state index contributed by atoms with van der Waals surface area (Å²) < 4.78 is 11.0. The van der Waals surface area contributed by atoms with E-state index in [1.54, 1.807) is 12.1 Å². The van der Waals surface area contributed by atoms with Crippen molar-refractivity contribution in [3.05, 3.63) is 63.2 Å². The van der Waals surface area contributed by atoms with Gasteiger partial charge in [-0.3, -0.25) is 10.1 Å². The molecule has 144 valence electrons. The number of benzene rings is 2. The molecule has 0 fully saturated rings. The summed E-state index contributed by atoms with van der Waals surface area (Å²) in [4.78, 5) is 10.5. The number of nitro groups is 1. The third-order valence-corrected chi connectivity index (χ3v) is 4.68. The lowest BCUT2D eigenvalue weighted by Gasteiger charge is -2.22. The molecule has 0 aromatic heterocycles. The average molecular weight is 383 g/mol. The van der Waals surface area contributed by atoms with Crippen molar-refractivity contribution in [1.29, 1.82) is 0 Å². The molecule has 2 aliphatic rings. The highest BCUT2D eigenvalue weighted by Crippen LogP contribution is 2.37. The number of rotatable bonds is 2. The number of nitrogens with zero attached hydrogens (tertiary/aromatic N) is 4. The molecule has 1 atom stereocenters. The summed E-state index contributed by atoms with van der Waals surface area (Å²) in [5.74, 6) is 1.09. The summed E-state index contributed by atoms with van der Waals surface area (Å²) in [7, 11) is 0. The summed E-state index contributed by atoms with van der Waals surface area (Å²) in [6.07, 6.45) is 0.558. The molecule has 1 unspecified atom stereocenters. The van der Waals surface area contributed by atoms with Gasteiger partial charge in [0.2, 0.25) is 6.79 Å². The van der Waals surface area contributed by atoms with E-state index >= 15 is 0 Å². The van der Waals surface area contributed by atoms with Crippen LogP contribution in [0.3, 0.4) is 0 Å². The number of hydrazone groups is 1. The highest BCUT2D eigenvalue weighted by molar-refractivity contribution is 6.14. The third-order valence-electron chi connectivity index (χ3n) is 4.68. The van der Waals surface area contributed by atoms with Crippen LogP contribution >= 0.6 is 0 Å². The maximum Gasteiger partial charge on any atom is 0.269 e. The number of non-ortho nitro benzene ring substituents is 1. The number of guanidine groups is 1. The van der Waals surface area contributed by atoms with E-state index in [0.29, 0.717) is 29.2 Å². The lowest BCUT2D eigenvalue weighted by atomic mass is 9.94. The topological polar surface area (TPSA) is 136 Å². The Morgan fingerprint density at radius 2 is 2.00 bits per heavy atom. The first kappa shape index (κ1) is 17.6. The quantitative estimate of drug-likeness (QED) is 0.266. The molecule has 2 aromatic carbocycles. The second-order valence-corrected chi connectivity index (χ2v) is 6.47. The van der Waals surface area contributed by atoms with Crippen LogP contribution in [0, 0.1) is 10.1 Å². The van der Waals surface area contributed by atoms with Gasteiger partial charge in [-0.2, -0.15) is 5.10 Å². The molecule has 0 spiro atoms. The second kappa shape index (κ2) is 6.72. The van der Waals surface area contributed by atoms with Crippen molar-refractivity contribution in [3.8, 4) is 11.5 Å². The number of ether oxygens (including phenoxy) is 2. The Bertz CT molecular complexity index is 1000. The van der Waals surface area contributed by atoms with E-state index in [9.17, 15) is 10.1 Å². The number of nitrogens with two attached hydrogens (primary N) is 1. The number of nitro benzene ring substituents is 1. The fraction of sp³-hybridized carbons (Fsp3) is 0.222. The largest absolute Gasteiger partial charge is 0.454 e. The minimum absolute atomic E-state index is 0.0226. The molecule has 28 heavy (non-hydrogen) atoms. The Balaban J connectivity index is 1.89. The monoisotopic (exact) mass is 383 g/mol. The first-order valence-corrected chi connectivity index (χ1v) is 8.51. The third kappa shape index (κ3) is 2.94. The Morgan fingerprint density at radius 1 is 1.32 bits per heavy atom. The molecule has 0 radical (unpaired) electrons. The van der Waals surface area contributed by atoms with E-state index in [0.717, 1.165) is 11.1 Å². The summed E-state index contributed by atoms with van der Waals surface area (Å²) in [5.41, 5.74) is 8.71. The zero-order valence-electron chi connectivity index (χ0n) is 14.9. The minimum atomic E-state index is -0.463. The van der Waals surface area contributed by atoms with Gasteiger partial charge in [0, 0.05) is 23.3 Å². The van der Waals surface area contributed by atoms with Crippen LogP contribution in [0.1, 0.15) is 23.6 Å². The number of hydrogen-bond donors (Lipinski definition) is 2. The molecule has 0 saturated carbocycles. The zero-order chi connectivity index (χ0) is 19.8. The van der Waals surface area contributed by atoms with Crippen molar-refractivity contribution in [2.75, 3.05) is 6.79 Å². The van der Waals surface area contributed by atoms with Crippen molar-refractivity contribution in [1.82, 2.24) is 5.01 Å². The number of hydrogen-bond acceptors (Lipinski definition) is 7. The van der Waals surface area contributed by atoms with Crippen molar-refractivity contribution in [2.24, 2.45) is 16.0 Å². The molecule has 0 bridgehead atoms. The molecular formula is C18H17N5O5. The molecule has 2 aliphatic heterocycles. The molecule has 2 aromatic rings. The summed E-state index contributed by atoms with van der Waals surface area (Å²) in [6.45, 7) is 2.04. The summed E-state index contributed by atoms with van der Waals surface area (Å²) in [5, 5.41) is 29.2. The van der Waals surface area contributed by atoms with Crippen LogP contribution in [0.25, 0.3) is 0 Å². The van der Waals surface area contributed by atoms with E-state index in [4.69, 9.17) is 20.4 Å². The SMILES string of the molecule is CC1Cc2cc3c(cc2C(c2ccc([N+](=O)[O-])cc2)=NN1C(N)=NO)OCO3. The molecular weight excluding hydrogens is 366 g/mol. The van der Waals surface area contributed by atoms with E-state index in [-0.39, 0.29) is 24.5 Å². The smallest absolute Gasteiger partial charge is 0.269 e. The van der Waals surface area contributed by atoms with Gasteiger partial charge in [0.1, 0.15) is 0 Å². The molecule has 0 saturated heterocycles. The van der Waals surface area contributed by atoms with Crippen LogP contribution in [0.4, 0.5) is 5.69 Å². The molecule has 0 amide bonds. The van der Waals surface area contributed by atoms with Gasteiger partial charge in [-0.05, 0) is 48.3 Å². The van der Waals surface area contributed by atoms with Gasteiger partial charge in [-0.1, -0.05) is 0 Å². The van der Waals surface area contributed by atoms with Crippen LogP contribution in [-0.4, -0.2) is 39.6 Å². The maximum atomic E-state index is 11.0.